The van der Waals surface area contributed by atoms with Crippen LogP contribution in [0.2, 0.25) is 0 Å². The molecule has 0 atom stereocenters. The lowest BCUT2D eigenvalue weighted by Gasteiger charge is -2.20. The van der Waals surface area contributed by atoms with E-state index >= 15 is 0 Å². The van der Waals surface area contributed by atoms with Gasteiger partial charge in [-0.15, -0.1) is 0 Å². The van der Waals surface area contributed by atoms with Gasteiger partial charge in [-0.05, 0) is 65.3 Å². The molecular weight excluding hydrogens is 440 g/mol. The molecule has 2 amide bonds. The van der Waals surface area contributed by atoms with Gasteiger partial charge in [-0.2, -0.15) is 0 Å². The summed E-state index contributed by atoms with van der Waals surface area (Å²) in [5, 5.41) is 5.25. The van der Waals surface area contributed by atoms with E-state index in [-0.39, 0.29) is 32.1 Å². The summed E-state index contributed by atoms with van der Waals surface area (Å²) in [5.41, 5.74) is -0.409. The molecule has 0 radical (unpaired) electrons. The second-order valence-corrected chi connectivity index (χ2v) is 9.41. The lowest BCUT2D eigenvalue weighted by atomic mass is 10.1. The topological polar surface area (TPSA) is 112 Å². The first-order valence-corrected chi connectivity index (χ1v) is 11.3. The fraction of sp³-hybridized carbons (Fsp3) is 0.560. The number of ether oxygens (including phenoxy) is 4. The smallest absolute Gasteiger partial charge is 0.407 e. The quantitative estimate of drug-likeness (QED) is 0.356. The average Bonchev–Trinajstić information content (AvgIpc) is 2.70. The molecule has 9 heteroatoms. The van der Waals surface area contributed by atoms with Crippen LogP contribution in [0, 0.1) is 0 Å². The minimum Gasteiger partial charge on any atom is -0.488 e. The first-order chi connectivity index (χ1) is 15.8. The minimum absolute atomic E-state index is 0.0116. The van der Waals surface area contributed by atoms with Crippen LogP contribution in [0.15, 0.2) is 24.3 Å². The third-order valence-corrected chi connectivity index (χ3v) is 3.83. The monoisotopic (exact) mass is 478 g/mol. The highest BCUT2D eigenvalue weighted by Gasteiger charge is 2.17. The zero-order valence-corrected chi connectivity index (χ0v) is 21.3. The summed E-state index contributed by atoms with van der Waals surface area (Å²) < 4.78 is 22.0. The van der Waals surface area contributed by atoms with E-state index in [1.807, 2.05) is 0 Å². The molecule has 0 aromatic heterocycles. The van der Waals surface area contributed by atoms with Crippen LogP contribution in [0.25, 0.3) is 6.08 Å². The van der Waals surface area contributed by atoms with Crippen molar-refractivity contribution in [1.29, 1.82) is 0 Å². The van der Waals surface area contributed by atoms with Gasteiger partial charge < -0.3 is 29.6 Å². The van der Waals surface area contributed by atoms with Crippen molar-refractivity contribution in [1.82, 2.24) is 10.6 Å². The van der Waals surface area contributed by atoms with Crippen LogP contribution < -0.4 is 20.1 Å². The van der Waals surface area contributed by atoms with Crippen LogP contribution >= 0.6 is 0 Å². The Labute approximate surface area is 202 Å². The molecule has 0 unspecified atom stereocenters. The second kappa shape index (κ2) is 13.5. The molecular formula is C25H38N2O7. The molecule has 0 aliphatic rings. The van der Waals surface area contributed by atoms with E-state index in [4.69, 9.17) is 18.9 Å². The van der Waals surface area contributed by atoms with E-state index in [9.17, 15) is 14.4 Å². The van der Waals surface area contributed by atoms with Gasteiger partial charge in [-0.25, -0.2) is 9.59 Å². The molecule has 9 nitrogen and oxygen atoms in total. The van der Waals surface area contributed by atoms with Crippen LogP contribution in [0.5, 0.6) is 11.5 Å². The van der Waals surface area contributed by atoms with Crippen LogP contribution in [0.1, 0.15) is 60.5 Å². The van der Waals surface area contributed by atoms with Gasteiger partial charge in [0.1, 0.15) is 24.4 Å². The maximum absolute atomic E-state index is 11.8. The highest BCUT2D eigenvalue weighted by Crippen LogP contribution is 2.29. The highest BCUT2D eigenvalue weighted by atomic mass is 16.6. The SMILES string of the molecule is CCC(=O)/C=C/c1ccc(OCCNC(=O)OC(C)(C)C)c(OCCNC(=O)OC(C)(C)C)c1. The fourth-order valence-electron chi connectivity index (χ4n) is 2.42. The van der Waals surface area contributed by atoms with Crippen molar-refractivity contribution in [2.75, 3.05) is 26.3 Å². The average molecular weight is 479 g/mol. The van der Waals surface area contributed by atoms with E-state index in [1.54, 1.807) is 72.7 Å². The van der Waals surface area contributed by atoms with Crippen molar-refractivity contribution in [3.63, 3.8) is 0 Å². The molecule has 0 saturated carbocycles. The molecule has 1 aromatic rings. The number of allylic oxidation sites excluding steroid dienone is 1. The highest BCUT2D eigenvalue weighted by molar-refractivity contribution is 5.93. The number of alkyl carbamates (subject to hydrolysis) is 2. The van der Waals surface area contributed by atoms with Gasteiger partial charge in [0.15, 0.2) is 17.3 Å². The number of hydrogen-bond donors (Lipinski definition) is 2. The van der Waals surface area contributed by atoms with Gasteiger partial charge in [0.25, 0.3) is 0 Å². The fourth-order valence-corrected chi connectivity index (χ4v) is 2.42. The number of rotatable bonds is 11. The predicted octanol–water partition coefficient (Wildman–Crippen LogP) is 4.49. The third-order valence-electron chi connectivity index (χ3n) is 3.83. The first kappa shape index (κ1) is 28.8. The van der Waals surface area contributed by atoms with Crippen molar-refractivity contribution in [3.05, 3.63) is 29.8 Å². The summed E-state index contributed by atoms with van der Waals surface area (Å²) in [6.45, 7) is 13.3. The summed E-state index contributed by atoms with van der Waals surface area (Å²) in [5.74, 6) is 0.911. The zero-order chi connectivity index (χ0) is 25.8. The van der Waals surface area contributed by atoms with Gasteiger partial charge in [0.05, 0.1) is 13.1 Å². The number of nitrogens with one attached hydrogen (secondary N) is 2. The van der Waals surface area contributed by atoms with Crippen LogP contribution in [0.3, 0.4) is 0 Å². The maximum Gasteiger partial charge on any atom is 0.407 e. The first-order valence-electron chi connectivity index (χ1n) is 11.3. The van der Waals surface area contributed by atoms with Crippen LogP contribution in [-0.2, 0) is 14.3 Å². The molecule has 1 aromatic carbocycles. The molecule has 2 N–H and O–H groups in total. The van der Waals surface area contributed by atoms with E-state index in [0.717, 1.165) is 5.56 Å². The summed E-state index contributed by atoms with van der Waals surface area (Å²) in [6.07, 6.45) is 2.57. The lowest BCUT2D eigenvalue weighted by Crippen LogP contribution is -2.35. The number of carbonyl (C=O) groups is 3. The summed E-state index contributed by atoms with van der Waals surface area (Å²) in [6, 6.07) is 5.26. The molecule has 0 bridgehead atoms. The molecule has 0 heterocycles. The third kappa shape index (κ3) is 13.3. The number of hydrogen-bond acceptors (Lipinski definition) is 7. The molecule has 1 rings (SSSR count). The molecule has 0 saturated heterocycles. The molecule has 0 spiro atoms. The number of benzene rings is 1. The summed E-state index contributed by atoms with van der Waals surface area (Å²) >= 11 is 0. The van der Waals surface area contributed by atoms with Gasteiger partial charge in [0, 0.05) is 6.42 Å². The Morgan fingerprint density at radius 1 is 0.824 bits per heavy atom. The standard InChI is InChI=1S/C25H38N2O7/c1-8-19(28)11-9-18-10-12-20(31-15-13-26-22(29)33-24(2,3)4)21(17-18)32-16-14-27-23(30)34-25(5,6)7/h9-12,17H,8,13-16H2,1-7H3,(H,26,29)(H,27,30)/b11-9+. The Morgan fingerprint density at radius 3 is 1.79 bits per heavy atom. The number of amides is 2. The van der Waals surface area contributed by atoms with Gasteiger partial charge >= 0.3 is 12.2 Å². The van der Waals surface area contributed by atoms with E-state index in [2.05, 4.69) is 10.6 Å². The van der Waals surface area contributed by atoms with Gasteiger partial charge in [-0.1, -0.05) is 19.1 Å². The Kier molecular flexibility index (Phi) is 11.4. The van der Waals surface area contributed by atoms with Gasteiger partial charge in [-0.3, -0.25) is 4.79 Å². The largest absolute Gasteiger partial charge is 0.488 e. The zero-order valence-electron chi connectivity index (χ0n) is 21.3. The van der Waals surface area contributed by atoms with Crippen molar-refractivity contribution in [3.8, 4) is 11.5 Å². The molecule has 0 fully saturated rings. The Balaban J connectivity index is 2.72. The predicted molar refractivity (Wildman–Crippen MR) is 130 cm³/mol. The normalized spacial score (nSPS) is 11.6. The Morgan fingerprint density at radius 2 is 1.32 bits per heavy atom. The van der Waals surface area contributed by atoms with Gasteiger partial charge in [0.2, 0.25) is 0 Å². The van der Waals surface area contributed by atoms with Crippen LogP contribution in [-0.4, -0.2) is 55.5 Å². The maximum atomic E-state index is 11.8. The van der Waals surface area contributed by atoms with Crippen molar-refractivity contribution >= 4 is 24.0 Å². The lowest BCUT2D eigenvalue weighted by molar-refractivity contribution is -0.114. The molecule has 190 valence electrons. The summed E-state index contributed by atoms with van der Waals surface area (Å²) in [7, 11) is 0. The van der Waals surface area contributed by atoms with E-state index < -0.39 is 23.4 Å². The molecule has 0 aliphatic carbocycles. The minimum atomic E-state index is -0.587. The molecule has 0 aliphatic heterocycles. The number of carbonyl (C=O) groups excluding carboxylic acids is 3. The second-order valence-electron chi connectivity index (χ2n) is 9.41. The van der Waals surface area contributed by atoms with E-state index in [0.29, 0.717) is 17.9 Å². The molecule has 34 heavy (non-hydrogen) atoms. The number of ketones is 1. The van der Waals surface area contributed by atoms with Crippen LogP contribution in [0.4, 0.5) is 9.59 Å². The van der Waals surface area contributed by atoms with Crippen molar-refractivity contribution in [2.24, 2.45) is 0 Å². The van der Waals surface area contributed by atoms with Crippen molar-refractivity contribution in [2.45, 2.75) is 66.1 Å². The Hall–Kier alpha value is -3.23. The van der Waals surface area contributed by atoms with E-state index in [1.165, 1.54) is 6.08 Å². The Bertz CT molecular complexity index is 852. The van der Waals surface area contributed by atoms with Crippen molar-refractivity contribution < 1.29 is 33.3 Å². The summed E-state index contributed by atoms with van der Waals surface area (Å²) in [4.78, 5) is 35.1.